The van der Waals surface area contributed by atoms with E-state index in [2.05, 4.69) is 5.32 Å². The molecule has 1 aliphatic rings. The van der Waals surface area contributed by atoms with Gasteiger partial charge in [0, 0.05) is 18.8 Å². The van der Waals surface area contributed by atoms with Crippen LogP contribution in [0.5, 0.6) is 0 Å². The zero-order valence-corrected chi connectivity index (χ0v) is 11.3. The zero-order valence-electron chi connectivity index (χ0n) is 10.5. The number of hydrogen-bond acceptors (Lipinski definition) is 3. The quantitative estimate of drug-likeness (QED) is 0.858. The van der Waals surface area contributed by atoms with Gasteiger partial charge >= 0.3 is 0 Å². The molecule has 4 nitrogen and oxygen atoms in total. The Kier molecular flexibility index (Phi) is 4.48. The zero-order chi connectivity index (χ0) is 13.7. The molecule has 1 aliphatic heterocycles. The molecule has 1 saturated heterocycles. The molecule has 2 rings (SSSR count). The Balaban J connectivity index is 2.03. The second-order valence-corrected chi connectivity index (χ2v) is 4.89. The molecule has 1 N–H and O–H groups in total. The number of amides is 1. The standard InChI is InChI=1S/C14H15N3OS/c15-10-12(14(18)17-8-4-5-9-17)13(19)16-11-6-2-1-3-7-11/h1-3,6-7,12H,4-5,8-9H2,(H,16,19). The lowest BCUT2D eigenvalue weighted by Gasteiger charge is -2.19. The summed E-state index contributed by atoms with van der Waals surface area (Å²) in [6.45, 7) is 1.45. The number of benzene rings is 1. The Hall–Kier alpha value is -1.93. The maximum absolute atomic E-state index is 12.2. The lowest BCUT2D eigenvalue weighted by atomic mass is 10.1. The van der Waals surface area contributed by atoms with Crippen LogP contribution in [0.3, 0.4) is 0 Å². The highest BCUT2D eigenvalue weighted by atomic mass is 32.1. The molecule has 98 valence electrons. The number of thiocarbonyl (C=S) groups is 1. The number of likely N-dealkylation sites (tertiary alicyclic amines) is 1. The molecule has 1 aromatic carbocycles. The van der Waals surface area contributed by atoms with Crippen LogP contribution in [0.15, 0.2) is 30.3 Å². The summed E-state index contributed by atoms with van der Waals surface area (Å²) in [4.78, 5) is 14.2. The molecule has 0 saturated carbocycles. The van der Waals surface area contributed by atoms with Crippen LogP contribution in [-0.2, 0) is 4.79 Å². The van der Waals surface area contributed by atoms with E-state index in [0.717, 1.165) is 31.6 Å². The molecular weight excluding hydrogens is 258 g/mol. The van der Waals surface area contributed by atoms with Crippen molar-refractivity contribution < 1.29 is 4.79 Å². The first-order valence-corrected chi connectivity index (χ1v) is 6.67. The molecule has 0 aliphatic carbocycles. The van der Waals surface area contributed by atoms with Gasteiger partial charge in [-0.05, 0) is 25.0 Å². The topological polar surface area (TPSA) is 56.1 Å². The average molecular weight is 273 g/mol. The van der Waals surface area contributed by atoms with Crippen molar-refractivity contribution in [3.8, 4) is 6.07 Å². The van der Waals surface area contributed by atoms with Gasteiger partial charge in [-0.15, -0.1) is 0 Å². The Labute approximate surface area is 118 Å². The largest absolute Gasteiger partial charge is 0.348 e. The number of anilines is 1. The molecule has 1 unspecified atom stereocenters. The minimum Gasteiger partial charge on any atom is -0.348 e. The molecule has 19 heavy (non-hydrogen) atoms. The van der Waals surface area contributed by atoms with Crippen LogP contribution in [0, 0.1) is 17.2 Å². The number of hydrogen-bond donors (Lipinski definition) is 1. The molecule has 1 amide bonds. The number of nitrogens with zero attached hydrogens (tertiary/aromatic N) is 2. The summed E-state index contributed by atoms with van der Waals surface area (Å²) >= 11 is 5.19. The smallest absolute Gasteiger partial charge is 0.246 e. The Morgan fingerprint density at radius 3 is 2.53 bits per heavy atom. The highest BCUT2D eigenvalue weighted by Crippen LogP contribution is 2.15. The Bertz CT molecular complexity index is 503. The van der Waals surface area contributed by atoms with E-state index < -0.39 is 5.92 Å². The molecule has 0 spiro atoms. The van der Waals surface area contributed by atoms with Crippen molar-refractivity contribution >= 4 is 28.8 Å². The minimum atomic E-state index is -0.895. The van der Waals surface area contributed by atoms with E-state index in [0.29, 0.717) is 0 Å². The SMILES string of the molecule is N#CC(C(=O)N1CCCC1)C(=S)Nc1ccccc1. The highest BCUT2D eigenvalue weighted by Gasteiger charge is 2.29. The molecule has 5 heteroatoms. The molecule has 0 bridgehead atoms. The first-order chi connectivity index (χ1) is 9.22. The van der Waals surface area contributed by atoms with Gasteiger partial charge in [0.15, 0.2) is 5.92 Å². The summed E-state index contributed by atoms with van der Waals surface area (Å²) < 4.78 is 0. The third kappa shape index (κ3) is 3.30. The number of carbonyl (C=O) groups is 1. The first-order valence-electron chi connectivity index (χ1n) is 6.26. The number of para-hydroxylation sites is 1. The molecule has 0 radical (unpaired) electrons. The van der Waals surface area contributed by atoms with Crippen LogP contribution in [0.4, 0.5) is 5.69 Å². The van der Waals surface area contributed by atoms with Gasteiger partial charge in [-0.1, -0.05) is 30.4 Å². The fraction of sp³-hybridized carbons (Fsp3) is 0.357. The highest BCUT2D eigenvalue weighted by molar-refractivity contribution is 7.80. The molecular formula is C14H15N3OS. The predicted molar refractivity (Wildman–Crippen MR) is 77.6 cm³/mol. The summed E-state index contributed by atoms with van der Waals surface area (Å²) in [7, 11) is 0. The van der Waals surface area contributed by atoms with Crippen LogP contribution in [-0.4, -0.2) is 28.9 Å². The summed E-state index contributed by atoms with van der Waals surface area (Å²) in [6, 6.07) is 11.3. The Morgan fingerprint density at radius 1 is 1.32 bits per heavy atom. The minimum absolute atomic E-state index is 0.187. The van der Waals surface area contributed by atoms with E-state index in [1.807, 2.05) is 36.4 Å². The van der Waals surface area contributed by atoms with Crippen molar-refractivity contribution in [2.24, 2.45) is 5.92 Å². The fourth-order valence-electron chi connectivity index (χ4n) is 2.08. The molecule has 1 aromatic rings. The normalized spacial score (nSPS) is 15.6. The van der Waals surface area contributed by atoms with Crippen LogP contribution in [0.1, 0.15) is 12.8 Å². The van der Waals surface area contributed by atoms with E-state index >= 15 is 0 Å². The summed E-state index contributed by atoms with van der Waals surface area (Å²) in [5.41, 5.74) is 0.793. The van der Waals surface area contributed by atoms with Crippen molar-refractivity contribution in [1.29, 1.82) is 5.26 Å². The van der Waals surface area contributed by atoms with Crippen LogP contribution >= 0.6 is 12.2 Å². The second kappa shape index (κ2) is 6.30. The molecule has 0 aromatic heterocycles. The number of nitrogens with one attached hydrogen (secondary N) is 1. The van der Waals surface area contributed by atoms with Crippen molar-refractivity contribution in [3.63, 3.8) is 0 Å². The van der Waals surface area contributed by atoms with Gasteiger partial charge in [-0.2, -0.15) is 5.26 Å². The maximum Gasteiger partial charge on any atom is 0.246 e. The monoisotopic (exact) mass is 273 g/mol. The summed E-state index contributed by atoms with van der Waals surface area (Å²) in [5, 5.41) is 12.1. The van der Waals surface area contributed by atoms with Gasteiger partial charge in [-0.25, -0.2) is 0 Å². The number of nitriles is 1. The maximum atomic E-state index is 12.2. The van der Waals surface area contributed by atoms with Crippen molar-refractivity contribution in [3.05, 3.63) is 30.3 Å². The van der Waals surface area contributed by atoms with Gasteiger partial charge in [0.2, 0.25) is 5.91 Å². The summed E-state index contributed by atoms with van der Waals surface area (Å²) in [6.07, 6.45) is 2.01. The van der Waals surface area contributed by atoms with Gasteiger partial charge < -0.3 is 10.2 Å². The fourth-order valence-corrected chi connectivity index (χ4v) is 2.35. The van der Waals surface area contributed by atoms with Gasteiger partial charge in [-0.3, -0.25) is 4.79 Å². The average Bonchev–Trinajstić information content (AvgIpc) is 2.94. The first kappa shape index (κ1) is 13.5. The van der Waals surface area contributed by atoms with E-state index in [1.54, 1.807) is 4.90 Å². The van der Waals surface area contributed by atoms with E-state index in [-0.39, 0.29) is 10.9 Å². The molecule has 1 atom stereocenters. The van der Waals surface area contributed by atoms with Gasteiger partial charge in [0.25, 0.3) is 0 Å². The lowest BCUT2D eigenvalue weighted by Crippen LogP contribution is -2.38. The second-order valence-electron chi connectivity index (χ2n) is 4.45. The number of carbonyl (C=O) groups excluding carboxylic acids is 1. The third-order valence-electron chi connectivity index (χ3n) is 3.10. The van der Waals surface area contributed by atoms with E-state index in [4.69, 9.17) is 12.2 Å². The Morgan fingerprint density at radius 2 is 1.95 bits per heavy atom. The molecule has 1 heterocycles. The van der Waals surface area contributed by atoms with Crippen LogP contribution in [0.25, 0.3) is 0 Å². The third-order valence-corrected chi connectivity index (χ3v) is 3.44. The van der Waals surface area contributed by atoms with E-state index in [9.17, 15) is 10.1 Å². The van der Waals surface area contributed by atoms with Crippen LogP contribution in [0.2, 0.25) is 0 Å². The molecule has 1 fully saturated rings. The summed E-state index contributed by atoms with van der Waals surface area (Å²) in [5.74, 6) is -1.08. The lowest BCUT2D eigenvalue weighted by molar-refractivity contribution is -0.130. The predicted octanol–water partition coefficient (Wildman–Crippen LogP) is 2.19. The van der Waals surface area contributed by atoms with Gasteiger partial charge in [0.05, 0.1) is 6.07 Å². The van der Waals surface area contributed by atoms with E-state index in [1.165, 1.54) is 0 Å². The van der Waals surface area contributed by atoms with Crippen molar-refractivity contribution in [1.82, 2.24) is 4.90 Å². The number of rotatable bonds is 3. The van der Waals surface area contributed by atoms with Crippen LogP contribution < -0.4 is 5.32 Å². The van der Waals surface area contributed by atoms with Crippen molar-refractivity contribution in [2.45, 2.75) is 12.8 Å². The van der Waals surface area contributed by atoms with Gasteiger partial charge in [0.1, 0.15) is 4.99 Å². The van der Waals surface area contributed by atoms with Crippen molar-refractivity contribution in [2.75, 3.05) is 18.4 Å².